The minimum absolute atomic E-state index is 0.0590. The van der Waals surface area contributed by atoms with Gasteiger partial charge in [-0.15, -0.1) is 0 Å². The molecule has 0 aromatic heterocycles. The zero-order chi connectivity index (χ0) is 14.7. The summed E-state index contributed by atoms with van der Waals surface area (Å²) in [5.74, 6) is -0.373. The van der Waals surface area contributed by atoms with E-state index in [1.165, 1.54) is 4.90 Å². The summed E-state index contributed by atoms with van der Waals surface area (Å²) in [6.45, 7) is 11.6. The first-order valence-electron chi connectivity index (χ1n) is 6.26. The van der Waals surface area contributed by atoms with Gasteiger partial charge in [-0.25, -0.2) is 0 Å². The largest absolute Gasteiger partial charge is 0.368 e. The van der Waals surface area contributed by atoms with Crippen LogP contribution >= 0.6 is 0 Å². The van der Waals surface area contributed by atoms with Crippen molar-refractivity contribution in [1.82, 2.24) is 4.90 Å². The van der Waals surface area contributed by atoms with Gasteiger partial charge in [-0.05, 0) is 33.6 Å². The van der Waals surface area contributed by atoms with E-state index in [1.807, 2.05) is 27.7 Å². The van der Waals surface area contributed by atoms with E-state index in [0.29, 0.717) is 6.54 Å². The van der Waals surface area contributed by atoms with Crippen LogP contribution in [0.2, 0.25) is 0 Å². The summed E-state index contributed by atoms with van der Waals surface area (Å²) < 4.78 is 0. The minimum atomic E-state index is -0.753. The highest BCUT2D eigenvalue weighted by Crippen LogP contribution is 2.30. The summed E-state index contributed by atoms with van der Waals surface area (Å²) >= 11 is 0. The highest BCUT2D eigenvalue weighted by atomic mass is 16.2. The van der Waals surface area contributed by atoms with Crippen LogP contribution in [0.25, 0.3) is 0 Å². The van der Waals surface area contributed by atoms with Gasteiger partial charge in [0.25, 0.3) is 0 Å². The Hall–Kier alpha value is -1.10. The first-order chi connectivity index (χ1) is 7.89. The van der Waals surface area contributed by atoms with Crippen LogP contribution in [0.15, 0.2) is 0 Å². The van der Waals surface area contributed by atoms with Crippen LogP contribution in [0.5, 0.6) is 0 Å². The zero-order valence-electron chi connectivity index (χ0n) is 12.4. The third kappa shape index (κ3) is 4.29. The minimum Gasteiger partial charge on any atom is -0.368 e. The molecule has 0 aliphatic rings. The van der Waals surface area contributed by atoms with Crippen molar-refractivity contribution in [2.75, 3.05) is 13.1 Å². The fourth-order valence-electron chi connectivity index (χ4n) is 1.52. The molecule has 0 spiro atoms. The Morgan fingerprint density at radius 1 is 1.17 bits per heavy atom. The predicted octanol–water partition coefficient (Wildman–Crippen LogP) is 0.720. The summed E-state index contributed by atoms with van der Waals surface area (Å²) in [6, 6.07) is 0. The molecule has 0 saturated heterocycles. The van der Waals surface area contributed by atoms with Crippen LogP contribution in [0.3, 0.4) is 0 Å². The first kappa shape index (κ1) is 16.9. The molecule has 0 saturated carbocycles. The first-order valence-corrected chi connectivity index (χ1v) is 6.26. The molecule has 0 aromatic carbocycles. The Kier molecular flexibility index (Phi) is 5.35. The molecule has 0 aliphatic carbocycles. The van der Waals surface area contributed by atoms with Crippen molar-refractivity contribution in [1.29, 1.82) is 0 Å². The molecule has 18 heavy (non-hydrogen) atoms. The molecule has 0 heterocycles. The standard InChI is InChI=1S/C13H27N3O2/c1-9(2)7-16(8-10(14)17)11(18)12(3,4)13(5,6)15/h9H,7-8,15H2,1-6H3,(H2,14,17). The Bertz CT molecular complexity index is 317. The normalized spacial score (nSPS) is 12.7. The predicted molar refractivity (Wildman–Crippen MR) is 72.7 cm³/mol. The van der Waals surface area contributed by atoms with Crippen molar-refractivity contribution >= 4 is 11.8 Å². The lowest BCUT2D eigenvalue weighted by Crippen LogP contribution is -2.58. The lowest BCUT2D eigenvalue weighted by molar-refractivity contribution is -0.146. The molecule has 5 heteroatoms. The molecule has 0 radical (unpaired) electrons. The van der Waals surface area contributed by atoms with Gasteiger partial charge in [0.15, 0.2) is 0 Å². The van der Waals surface area contributed by atoms with Gasteiger partial charge < -0.3 is 16.4 Å². The second kappa shape index (κ2) is 5.69. The van der Waals surface area contributed by atoms with E-state index in [1.54, 1.807) is 13.8 Å². The van der Waals surface area contributed by atoms with E-state index < -0.39 is 16.9 Å². The molecule has 0 aromatic rings. The summed E-state index contributed by atoms with van der Waals surface area (Å²) in [7, 11) is 0. The van der Waals surface area contributed by atoms with E-state index in [4.69, 9.17) is 11.5 Å². The van der Waals surface area contributed by atoms with Crippen molar-refractivity contribution in [2.24, 2.45) is 22.8 Å². The summed E-state index contributed by atoms with van der Waals surface area (Å²) in [5, 5.41) is 0. The van der Waals surface area contributed by atoms with Crippen molar-refractivity contribution in [2.45, 2.75) is 47.1 Å². The molecule has 0 atom stereocenters. The molecule has 0 aliphatic heterocycles. The molecule has 106 valence electrons. The topological polar surface area (TPSA) is 89.4 Å². The molecule has 0 rings (SSSR count). The van der Waals surface area contributed by atoms with E-state index in [-0.39, 0.29) is 18.4 Å². The monoisotopic (exact) mass is 257 g/mol. The van der Waals surface area contributed by atoms with Crippen molar-refractivity contribution in [3.8, 4) is 0 Å². The van der Waals surface area contributed by atoms with E-state index in [2.05, 4.69) is 0 Å². The van der Waals surface area contributed by atoms with Crippen LogP contribution in [0.1, 0.15) is 41.5 Å². The molecule has 0 fully saturated rings. The molecule has 4 N–H and O–H groups in total. The Labute approximate surface area is 110 Å². The fraction of sp³-hybridized carbons (Fsp3) is 0.846. The van der Waals surface area contributed by atoms with Crippen LogP contribution in [-0.2, 0) is 9.59 Å². The lowest BCUT2D eigenvalue weighted by Gasteiger charge is -2.40. The van der Waals surface area contributed by atoms with Crippen LogP contribution in [0, 0.1) is 11.3 Å². The van der Waals surface area contributed by atoms with Crippen LogP contribution in [-0.4, -0.2) is 35.3 Å². The third-order valence-electron chi connectivity index (χ3n) is 3.36. The fourth-order valence-corrected chi connectivity index (χ4v) is 1.52. The maximum Gasteiger partial charge on any atom is 0.237 e. The Balaban J connectivity index is 5.12. The van der Waals surface area contributed by atoms with Gasteiger partial charge >= 0.3 is 0 Å². The van der Waals surface area contributed by atoms with Crippen molar-refractivity contribution in [3.63, 3.8) is 0 Å². The molecular formula is C13H27N3O2. The van der Waals surface area contributed by atoms with Gasteiger partial charge in [-0.1, -0.05) is 13.8 Å². The maximum absolute atomic E-state index is 12.5. The number of hydrogen-bond acceptors (Lipinski definition) is 3. The van der Waals surface area contributed by atoms with Gasteiger partial charge in [-0.3, -0.25) is 9.59 Å². The molecule has 0 unspecified atom stereocenters. The SMILES string of the molecule is CC(C)CN(CC(N)=O)C(=O)C(C)(C)C(C)(C)N. The van der Waals surface area contributed by atoms with E-state index in [9.17, 15) is 9.59 Å². The second-order valence-corrected chi connectivity index (χ2v) is 6.39. The van der Waals surface area contributed by atoms with Crippen molar-refractivity contribution in [3.05, 3.63) is 0 Å². The number of primary amides is 1. The number of carbonyl (C=O) groups is 2. The number of nitrogens with zero attached hydrogens (tertiary/aromatic N) is 1. The van der Waals surface area contributed by atoms with Gasteiger partial charge in [0.2, 0.25) is 11.8 Å². The average Bonchev–Trinajstić information content (AvgIpc) is 2.12. The summed E-state index contributed by atoms with van der Waals surface area (Å²) in [5.41, 5.74) is 9.82. The van der Waals surface area contributed by atoms with Crippen molar-refractivity contribution < 1.29 is 9.59 Å². The van der Waals surface area contributed by atoms with Crippen LogP contribution < -0.4 is 11.5 Å². The number of nitrogens with two attached hydrogens (primary N) is 2. The number of carbonyl (C=O) groups excluding carboxylic acids is 2. The number of amides is 2. The average molecular weight is 257 g/mol. The molecular weight excluding hydrogens is 230 g/mol. The highest BCUT2D eigenvalue weighted by Gasteiger charge is 2.43. The highest BCUT2D eigenvalue weighted by molar-refractivity contribution is 5.87. The summed E-state index contributed by atoms with van der Waals surface area (Å²) in [6.07, 6.45) is 0. The van der Waals surface area contributed by atoms with E-state index >= 15 is 0 Å². The summed E-state index contributed by atoms with van der Waals surface area (Å²) in [4.78, 5) is 25.1. The van der Waals surface area contributed by atoms with Gasteiger partial charge in [0.05, 0.1) is 12.0 Å². The Morgan fingerprint density at radius 3 is 1.89 bits per heavy atom. The molecule has 2 amide bonds. The lowest BCUT2D eigenvalue weighted by atomic mass is 9.74. The Morgan fingerprint density at radius 2 is 1.61 bits per heavy atom. The maximum atomic E-state index is 12.5. The quantitative estimate of drug-likeness (QED) is 0.734. The van der Waals surface area contributed by atoms with Crippen LogP contribution in [0.4, 0.5) is 0 Å². The van der Waals surface area contributed by atoms with E-state index in [0.717, 1.165) is 0 Å². The second-order valence-electron chi connectivity index (χ2n) is 6.39. The number of hydrogen-bond donors (Lipinski definition) is 2. The molecule has 5 nitrogen and oxygen atoms in total. The molecule has 0 bridgehead atoms. The number of rotatable bonds is 6. The smallest absolute Gasteiger partial charge is 0.237 e. The van der Waals surface area contributed by atoms with Gasteiger partial charge in [-0.2, -0.15) is 0 Å². The van der Waals surface area contributed by atoms with Gasteiger partial charge in [0.1, 0.15) is 0 Å². The van der Waals surface area contributed by atoms with Gasteiger partial charge in [0, 0.05) is 12.1 Å². The third-order valence-corrected chi connectivity index (χ3v) is 3.36. The zero-order valence-corrected chi connectivity index (χ0v) is 12.4.